The molecule has 8 heteroatoms. The molecule has 2 aromatic carbocycles. The molecule has 0 aliphatic carbocycles. The highest BCUT2D eigenvalue weighted by molar-refractivity contribution is 6.51. The van der Waals surface area contributed by atoms with Gasteiger partial charge in [0.25, 0.3) is 0 Å². The van der Waals surface area contributed by atoms with Gasteiger partial charge in [-0.1, -0.05) is 42.5 Å². The summed E-state index contributed by atoms with van der Waals surface area (Å²) in [6, 6.07) is 14.3. The number of benzene rings is 2. The number of aromatic nitrogens is 2. The first-order chi connectivity index (χ1) is 13.0. The van der Waals surface area contributed by atoms with Gasteiger partial charge in [0.2, 0.25) is 11.7 Å². The Morgan fingerprint density at radius 1 is 1.11 bits per heavy atom. The van der Waals surface area contributed by atoms with E-state index in [0.29, 0.717) is 5.56 Å². The minimum Gasteiger partial charge on any atom is -0.368 e. The number of amides is 1. The largest absolute Gasteiger partial charge is 0.368 e. The minimum atomic E-state index is -0.591. The lowest BCUT2D eigenvalue weighted by Gasteiger charge is -2.05. The van der Waals surface area contributed by atoms with Crippen LogP contribution in [0.4, 0.5) is 4.39 Å². The van der Waals surface area contributed by atoms with Crippen LogP contribution in [-0.4, -0.2) is 27.2 Å². The van der Waals surface area contributed by atoms with E-state index in [4.69, 9.17) is 11.6 Å². The molecular formula is C19H16FN5O2. The van der Waals surface area contributed by atoms with Gasteiger partial charge in [0.1, 0.15) is 18.1 Å². The van der Waals surface area contributed by atoms with Crippen LogP contribution in [0.5, 0.6) is 0 Å². The maximum atomic E-state index is 13.5. The number of nitrogens with two attached hydrogens (primary N) is 2. The summed E-state index contributed by atoms with van der Waals surface area (Å²) in [5.41, 5.74) is 6.64. The average Bonchev–Trinajstić information content (AvgIpc) is 3.05. The molecular weight excluding hydrogens is 349 g/mol. The lowest BCUT2D eigenvalue weighted by Crippen LogP contribution is -2.21. The minimum absolute atomic E-state index is 0.0858. The molecule has 0 unspecified atom stereocenters. The van der Waals surface area contributed by atoms with E-state index in [1.165, 1.54) is 22.9 Å². The highest BCUT2D eigenvalue weighted by atomic mass is 19.1. The quantitative estimate of drug-likeness (QED) is 0.299. The van der Waals surface area contributed by atoms with Gasteiger partial charge in [-0.3, -0.25) is 14.3 Å². The number of ketones is 1. The molecule has 1 amide bonds. The maximum absolute atomic E-state index is 13.5. The molecule has 0 atom stereocenters. The van der Waals surface area contributed by atoms with Crippen LogP contribution in [0.1, 0.15) is 16.1 Å². The molecule has 4 N–H and O–H groups in total. The van der Waals surface area contributed by atoms with Crippen molar-refractivity contribution < 1.29 is 14.0 Å². The zero-order valence-electron chi connectivity index (χ0n) is 14.2. The summed E-state index contributed by atoms with van der Waals surface area (Å²) < 4.78 is 14.8. The van der Waals surface area contributed by atoms with Crippen LogP contribution in [0.25, 0.3) is 11.1 Å². The number of hydrazone groups is 1. The molecule has 0 saturated heterocycles. The number of rotatable bonds is 6. The van der Waals surface area contributed by atoms with Gasteiger partial charge < -0.3 is 11.6 Å². The molecule has 0 aliphatic heterocycles. The van der Waals surface area contributed by atoms with Crippen molar-refractivity contribution in [3.63, 3.8) is 0 Å². The fourth-order valence-corrected chi connectivity index (χ4v) is 2.66. The third kappa shape index (κ3) is 3.90. The number of halogens is 1. The molecule has 0 saturated carbocycles. The third-order valence-corrected chi connectivity index (χ3v) is 3.82. The van der Waals surface area contributed by atoms with Gasteiger partial charge in [0, 0.05) is 17.3 Å². The van der Waals surface area contributed by atoms with Crippen LogP contribution in [0.15, 0.2) is 65.9 Å². The first-order valence-electron chi connectivity index (χ1n) is 7.99. The Morgan fingerprint density at radius 3 is 2.48 bits per heavy atom. The molecule has 27 heavy (non-hydrogen) atoms. The molecule has 0 aliphatic rings. The highest BCUT2D eigenvalue weighted by Crippen LogP contribution is 2.24. The molecule has 0 spiro atoms. The molecule has 7 nitrogen and oxygen atoms in total. The van der Waals surface area contributed by atoms with Crippen LogP contribution in [0, 0.1) is 5.82 Å². The van der Waals surface area contributed by atoms with Crippen molar-refractivity contribution in [1.82, 2.24) is 9.78 Å². The number of carbonyl (C=O) groups excluding carboxylic acids is 2. The summed E-state index contributed by atoms with van der Waals surface area (Å²) in [5.74, 6) is 3.74. The lowest BCUT2D eigenvalue weighted by atomic mass is 9.99. The predicted octanol–water partition coefficient (Wildman–Crippen LogP) is 1.72. The van der Waals surface area contributed by atoms with E-state index >= 15 is 0 Å². The summed E-state index contributed by atoms with van der Waals surface area (Å²) in [4.78, 5) is 24.1. The number of Topliss-reactive ketones (excluding diaryl/α,β-unsaturated/α-hetero) is 1. The Hall–Kier alpha value is -3.81. The Labute approximate surface area is 154 Å². The van der Waals surface area contributed by atoms with Gasteiger partial charge in [-0.25, -0.2) is 4.39 Å². The van der Waals surface area contributed by atoms with E-state index in [2.05, 4.69) is 10.2 Å². The summed E-state index contributed by atoms with van der Waals surface area (Å²) in [5, 5.41) is 7.85. The molecule has 1 heterocycles. The van der Waals surface area contributed by atoms with E-state index in [1.807, 2.05) is 30.3 Å². The van der Waals surface area contributed by atoms with Crippen LogP contribution in [-0.2, 0) is 11.3 Å². The second-order valence-electron chi connectivity index (χ2n) is 5.74. The summed E-state index contributed by atoms with van der Waals surface area (Å²) in [6.07, 6.45) is 1.58. The van der Waals surface area contributed by atoms with Crippen molar-refractivity contribution in [3.05, 3.63) is 77.9 Å². The van der Waals surface area contributed by atoms with E-state index in [0.717, 1.165) is 11.6 Å². The Kier molecular flexibility index (Phi) is 5.07. The van der Waals surface area contributed by atoms with Crippen molar-refractivity contribution in [2.75, 3.05) is 0 Å². The van der Waals surface area contributed by atoms with E-state index in [-0.39, 0.29) is 23.5 Å². The van der Waals surface area contributed by atoms with Crippen LogP contribution in [0.2, 0.25) is 0 Å². The predicted molar refractivity (Wildman–Crippen MR) is 98.3 cm³/mol. The number of hydrogen-bond donors (Lipinski definition) is 2. The standard InChI is InChI=1S/C19H16FN5O2/c20-14-8-4-7-13(9-14)19(27)18(23-22)17-15(12-5-2-1-3-6-12)10-25(24-17)11-16(21)26/h1-10H,11,22H2,(H2,21,26)/b23-18+. The van der Waals surface area contributed by atoms with Gasteiger partial charge in [-0.2, -0.15) is 10.2 Å². The van der Waals surface area contributed by atoms with Gasteiger partial charge in [-0.05, 0) is 17.7 Å². The second kappa shape index (κ2) is 7.61. The maximum Gasteiger partial charge on any atom is 0.239 e. The molecule has 0 radical (unpaired) electrons. The topological polar surface area (TPSA) is 116 Å². The number of primary amides is 1. The summed E-state index contributed by atoms with van der Waals surface area (Å²) in [6.45, 7) is -0.175. The van der Waals surface area contributed by atoms with E-state index in [1.54, 1.807) is 6.20 Å². The highest BCUT2D eigenvalue weighted by Gasteiger charge is 2.24. The van der Waals surface area contributed by atoms with Gasteiger partial charge in [0.15, 0.2) is 5.71 Å². The zero-order valence-corrected chi connectivity index (χ0v) is 14.2. The van der Waals surface area contributed by atoms with Crippen LogP contribution >= 0.6 is 0 Å². The van der Waals surface area contributed by atoms with Crippen molar-refractivity contribution in [1.29, 1.82) is 0 Å². The average molecular weight is 365 g/mol. The van der Waals surface area contributed by atoms with Crippen molar-refractivity contribution >= 4 is 17.4 Å². The van der Waals surface area contributed by atoms with E-state index in [9.17, 15) is 14.0 Å². The molecule has 3 rings (SSSR count). The van der Waals surface area contributed by atoms with Crippen molar-refractivity contribution in [2.24, 2.45) is 16.7 Å². The lowest BCUT2D eigenvalue weighted by molar-refractivity contribution is -0.118. The number of carbonyl (C=O) groups is 2. The monoisotopic (exact) mass is 365 g/mol. The van der Waals surface area contributed by atoms with Crippen molar-refractivity contribution in [2.45, 2.75) is 6.54 Å². The third-order valence-electron chi connectivity index (χ3n) is 3.82. The Bertz CT molecular complexity index is 1030. The van der Waals surface area contributed by atoms with E-state index < -0.39 is 17.5 Å². The van der Waals surface area contributed by atoms with Crippen molar-refractivity contribution in [3.8, 4) is 11.1 Å². The van der Waals surface area contributed by atoms with Gasteiger partial charge in [0.05, 0.1) is 0 Å². The first-order valence-corrected chi connectivity index (χ1v) is 7.99. The Morgan fingerprint density at radius 2 is 1.85 bits per heavy atom. The second-order valence-corrected chi connectivity index (χ2v) is 5.74. The number of nitrogens with zero attached hydrogens (tertiary/aromatic N) is 3. The molecule has 0 bridgehead atoms. The summed E-state index contributed by atoms with van der Waals surface area (Å²) in [7, 11) is 0. The van der Waals surface area contributed by atoms with Gasteiger partial charge >= 0.3 is 0 Å². The van der Waals surface area contributed by atoms with Crippen LogP contribution in [0.3, 0.4) is 0 Å². The Balaban J connectivity index is 2.11. The molecule has 136 valence electrons. The SMILES string of the molecule is N/N=C(/C(=O)c1cccc(F)c1)c1nn(CC(N)=O)cc1-c1ccccc1. The fourth-order valence-electron chi connectivity index (χ4n) is 2.66. The first kappa shape index (κ1) is 18.0. The molecule has 3 aromatic rings. The van der Waals surface area contributed by atoms with Gasteiger partial charge in [-0.15, -0.1) is 0 Å². The smallest absolute Gasteiger partial charge is 0.239 e. The molecule has 0 fully saturated rings. The fraction of sp³-hybridized carbons (Fsp3) is 0.0526. The number of hydrogen-bond acceptors (Lipinski definition) is 5. The molecule has 1 aromatic heterocycles. The summed E-state index contributed by atoms with van der Waals surface area (Å²) >= 11 is 0. The zero-order chi connectivity index (χ0) is 19.4. The normalized spacial score (nSPS) is 11.4. The van der Waals surface area contributed by atoms with Crippen LogP contribution < -0.4 is 11.6 Å².